The number of likely N-dealkylation sites (tertiary alicyclic amines) is 1. The minimum atomic E-state index is -0.422. The van der Waals surface area contributed by atoms with Crippen molar-refractivity contribution in [2.45, 2.75) is 58.6 Å². The molecule has 0 spiro atoms. The first kappa shape index (κ1) is 17.2. The maximum atomic E-state index is 12.0. The number of hydrogen-bond acceptors (Lipinski definition) is 4. The van der Waals surface area contributed by atoms with Crippen LogP contribution in [0.3, 0.4) is 0 Å². The molecule has 1 amide bonds. The van der Waals surface area contributed by atoms with Gasteiger partial charge in [-0.05, 0) is 53.5 Å². The van der Waals surface area contributed by atoms with E-state index >= 15 is 0 Å². The molecule has 1 heterocycles. The Balaban J connectivity index is 2.26. The van der Waals surface area contributed by atoms with E-state index in [0.29, 0.717) is 6.04 Å². The van der Waals surface area contributed by atoms with Crippen molar-refractivity contribution < 1.29 is 14.3 Å². The minimum Gasteiger partial charge on any atom is -0.444 e. The van der Waals surface area contributed by atoms with E-state index in [1.54, 1.807) is 0 Å². The Labute approximate surface area is 123 Å². The molecule has 1 aliphatic rings. The highest BCUT2D eigenvalue weighted by Crippen LogP contribution is 2.15. The maximum absolute atomic E-state index is 12.0. The second kappa shape index (κ2) is 8.47. The lowest BCUT2D eigenvalue weighted by molar-refractivity contribution is 0.0186. The van der Waals surface area contributed by atoms with Gasteiger partial charge in [0.15, 0.2) is 0 Å². The van der Waals surface area contributed by atoms with Crippen molar-refractivity contribution in [1.82, 2.24) is 10.2 Å². The summed E-state index contributed by atoms with van der Waals surface area (Å²) < 4.78 is 10.7. The molecular weight excluding hydrogens is 256 g/mol. The quantitative estimate of drug-likeness (QED) is 0.762. The molecule has 118 valence electrons. The Morgan fingerprint density at radius 2 is 2.15 bits per heavy atom. The van der Waals surface area contributed by atoms with Crippen molar-refractivity contribution in [2.75, 3.05) is 32.8 Å². The van der Waals surface area contributed by atoms with Crippen LogP contribution in [0.2, 0.25) is 0 Å². The number of amides is 1. The van der Waals surface area contributed by atoms with Crippen molar-refractivity contribution in [3.8, 4) is 0 Å². The molecule has 1 saturated heterocycles. The van der Waals surface area contributed by atoms with Crippen LogP contribution in [0.4, 0.5) is 4.79 Å². The summed E-state index contributed by atoms with van der Waals surface area (Å²) in [5.74, 6) is 0. The predicted octanol–water partition coefficient (Wildman–Crippen LogP) is 2.40. The first-order valence-corrected chi connectivity index (χ1v) is 7.71. The predicted molar refractivity (Wildman–Crippen MR) is 79.9 cm³/mol. The highest BCUT2D eigenvalue weighted by atomic mass is 16.6. The molecular formula is C15H30N2O3. The summed E-state index contributed by atoms with van der Waals surface area (Å²) in [6.07, 6.45) is 2.96. The smallest absolute Gasteiger partial charge is 0.410 e. The second-order valence-corrected chi connectivity index (χ2v) is 6.27. The third-order valence-corrected chi connectivity index (χ3v) is 3.18. The Morgan fingerprint density at radius 3 is 2.80 bits per heavy atom. The zero-order valence-corrected chi connectivity index (χ0v) is 13.4. The summed E-state index contributed by atoms with van der Waals surface area (Å²) in [4.78, 5) is 13.8. The van der Waals surface area contributed by atoms with Crippen LogP contribution in [-0.2, 0) is 9.47 Å². The Kier molecular flexibility index (Phi) is 7.30. The number of rotatable bonds is 6. The van der Waals surface area contributed by atoms with Crippen molar-refractivity contribution in [3.63, 3.8) is 0 Å². The number of piperidine rings is 1. The van der Waals surface area contributed by atoms with E-state index in [2.05, 4.69) is 5.32 Å². The van der Waals surface area contributed by atoms with Gasteiger partial charge in [-0.1, -0.05) is 0 Å². The average molecular weight is 286 g/mol. The van der Waals surface area contributed by atoms with Gasteiger partial charge in [0.2, 0.25) is 0 Å². The van der Waals surface area contributed by atoms with Crippen LogP contribution in [-0.4, -0.2) is 55.5 Å². The summed E-state index contributed by atoms with van der Waals surface area (Å²) in [6.45, 7) is 11.8. The molecule has 0 radical (unpaired) electrons. The number of ether oxygens (including phenoxy) is 2. The van der Waals surface area contributed by atoms with Gasteiger partial charge >= 0.3 is 6.09 Å². The van der Waals surface area contributed by atoms with Gasteiger partial charge in [-0.2, -0.15) is 0 Å². The molecule has 0 aromatic carbocycles. The fraction of sp³-hybridized carbons (Fsp3) is 0.933. The lowest BCUT2D eigenvalue weighted by atomic mass is 10.1. The van der Waals surface area contributed by atoms with E-state index in [1.807, 2.05) is 32.6 Å². The monoisotopic (exact) mass is 286 g/mol. The van der Waals surface area contributed by atoms with Crippen molar-refractivity contribution >= 4 is 6.09 Å². The van der Waals surface area contributed by atoms with E-state index in [0.717, 1.165) is 52.1 Å². The normalized spacial score (nSPS) is 20.0. The molecule has 0 aromatic heterocycles. The molecule has 1 rings (SSSR count). The molecule has 0 aliphatic carbocycles. The van der Waals surface area contributed by atoms with Gasteiger partial charge in [0, 0.05) is 32.3 Å². The van der Waals surface area contributed by atoms with Gasteiger partial charge in [0.05, 0.1) is 0 Å². The van der Waals surface area contributed by atoms with Gasteiger partial charge < -0.3 is 19.7 Å². The fourth-order valence-electron chi connectivity index (χ4n) is 2.26. The molecule has 5 heteroatoms. The highest BCUT2D eigenvalue weighted by molar-refractivity contribution is 5.68. The summed E-state index contributed by atoms with van der Waals surface area (Å²) in [6, 6.07) is 0.373. The maximum Gasteiger partial charge on any atom is 0.410 e. The van der Waals surface area contributed by atoms with Crippen LogP contribution in [0.1, 0.15) is 47.0 Å². The second-order valence-electron chi connectivity index (χ2n) is 6.27. The fourth-order valence-corrected chi connectivity index (χ4v) is 2.26. The largest absolute Gasteiger partial charge is 0.444 e. The van der Waals surface area contributed by atoms with Gasteiger partial charge in [-0.3, -0.25) is 0 Å². The van der Waals surface area contributed by atoms with Crippen LogP contribution < -0.4 is 5.32 Å². The standard InChI is InChI=1S/C15H30N2O3/c1-5-19-11-7-9-16-13-8-6-10-17(12-13)14(18)20-15(2,3)4/h13,16H,5-12H2,1-4H3. The van der Waals surface area contributed by atoms with Crippen LogP contribution in [0.5, 0.6) is 0 Å². The Morgan fingerprint density at radius 1 is 1.40 bits per heavy atom. The summed E-state index contributed by atoms with van der Waals surface area (Å²) >= 11 is 0. The molecule has 0 saturated carbocycles. The van der Waals surface area contributed by atoms with E-state index < -0.39 is 5.60 Å². The highest BCUT2D eigenvalue weighted by Gasteiger charge is 2.27. The molecule has 1 aliphatic heterocycles. The molecule has 0 aromatic rings. The van der Waals surface area contributed by atoms with Crippen LogP contribution in [0.25, 0.3) is 0 Å². The van der Waals surface area contributed by atoms with E-state index in [4.69, 9.17) is 9.47 Å². The molecule has 1 fully saturated rings. The summed E-state index contributed by atoms with van der Waals surface area (Å²) in [5, 5.41) is 3.50. The third-order valence-electron chi connectivity index (χ3n) is 3.18. The third kappa shape index (κ3) is 7.10. The topological polar surface area (TPSA) is 50.8 Å². The van der Waals surface area contributed by atoms with Gasteiger partial charge in [-0.15, -0.1) is 0 Å². The number of hydrogen-bond donors (Lipinski definition) is 1. The van der Waals surface area contributed by atoms with Gasteiger partial charge in [0.25, 0.3) is 0 Å². The summed E-state index contributed by atoms with van der Waals surface area (Å²) in [7, 11) is 0. The zero-order valence-electron chi connectivity index (χ0n) is 13.4. The zero-order chi connectivity index (χ0) is 15.0. The number of carbonyl (C=O) groups excluding carboxylic acids is 1. The minimum absolute atomic E-state index is 0.196. The van der Waals surface area contributed by atoms with Gasteiger partial charge in [-0.25, -0.2) is 4.79 Å². The molecule has 1 N–H and O–H groups in total. The molecule has 5 nitrogen and oxygen atoms in total. The molecule has 0 bridgehead atoms. The van der Waals surface area contributed by atoms with Crippen LogP contribution >= 0.6 is 0 Å². The number of carbonyl (C=O) groups is 1. The lowest BCUT2D eigenvalue weighted by Crippen LogP contribution is -2.49. The SMILES string of the molecule is CCOCCCNC1CCCN(C(=O)OC(C)(C)C)C1. The van der Waals surface area contributed by atoms with Crippen LogP contribution in [0.15, 0.2) is 0 Å². The van der Waals surface area contributed by atoms with Crippen molar-refractivity contribution in [2.24, 2.45) is 0 Å². The summed E-state index contributed by atoms with van der Waals surface area (Å²) in [5.41, 5.74) is -0.422. The van der Waals surface area contributed by atoms with E-state index in [9.17, 15) is 4.79 Å². The van der Waals surface area contributed by atoms with E-state index in [-0.39, 0.29) is 6.09 Å². The molecule has 20 heavy (non-hydrogen) atoms. The van der Waals surface area contributed by atoms with Crippen molar-refractivity contribution in [1.29, 1.82) is 0 Å². The molecule has 1 unspecified atom stereocenters. The number of nitrogens with one attached hydrogen (secondary N) is 1. The first-order chi connectivity index (χ1) is 9.42. The van der Waals surface area contributed by atoms with Crippen molar-refractivity contribution in [3.05, 3.63) is 0 Å². The number of nitrogens with zero attached hydrogens (tertiary/aromatic N) is 1. The first-order valence-electron chi connectivity index (χ1n) is 7.71. The van der Waals surface area contributed by atoms with Gasteiger partial charge in [0.1, 0.15) is 5.60 Å². The Hall–Kier alpha value is -0.810. The van der Waals surface area contributed by atoms with E-state index in [1.165, 1.54) is 0 Å². The molecule has 1 atom stereocenters. The lowest BCUT2D eigenvalue weighted by Gasteiger charge is -2.34. The Bertz CT molecular complexity index is 289. The average Bonchev–Trinajstić information content (AvgIpc) is 2.37. The van der Waals surface area contributed by atoms with Crippen LogP contribution in [0, 0.1) is 0 Å².